The molecule has 0 saturated carbocycles. The molecule has 126 valence electrons. The van der Waals surface area contributed by atoms with E-state index in [1.807, 2.05) is 0 Å². The third-order valence-electron chi connectivity index (χ3n) is 3.84. The van der Waals surface area contributed by atoms with Crippen LogP contribution in [0.5, 0.6) is 0 Å². The van der Waals surface area contributed by atoms with Crippen molar-refractivity contribution in [3.8, 4) is 11.6 Å². The number of hydrogen-bond donors (Lipinski definition) is 1. The van der Waals surface area contributed by atoms with Gasteiger partial charge >= 0.3 is 6.03 Å². The summed E-state index contributed by atoms with van der Waals surface area (Å²) in [6, 6.07) is 7.35. The van der Waals surface area contributed by atoms with Gasteiger partial charge in [-0.05, 0) is 18.2 Å². The maximum Gasteiger partial charge on any atom is 0.321 e. The molecule has 0 bridgehead atoms. The zero-order valence-electron chi connectivity index (χ0n) is 13.0. The Hall–Kier alpha value is -3.36. The lowest BCUT2D eigenvalue weighted by molar-refractivity contribution is 0.147. The SMILES string of the molecule is O=C(Nc1ccccc1F)N1CC(c2nc(-c3ncccn3)no2)C1. The number of carbonyl (C=O) groups is 1. The lowest BCUT2D eigenvalue weighted by atomic mass is 10.0. The van der Waals surface area contributed by atoms with Crippen molar-refractivity contribution in [2.45, 2.75) is 5.92 Å². The van der Waals surface area contributed by atoms with E-state index in [1.165, 1.54) is 12.1 Å². The lowest BCUT2D eigenvalue weighted by Gasteiger charge is -2.36. The smallest absolute Gasteiger partial charge is 0.321 e. The number of rotatable bonds is 3. The maximum atomic E-state index is 13.6. The van der Waals surface area contributed by atoms with Crippen molar-refractivity contribution < 1.29 is 13.7 Å². The second-order valence-corrected chi connectivity index (χ2v) is 5.54. The van der Waals surface area contributed by atoms with Crippen molar-refractivity contribution in [2.75, 3.05) is 18.4 Å². The van der Waals surface area contributed by atoms with Gasteiger partial charge in [-0.1, -0.05) is 17.3 Å². The van der Waals surface area contributed by atoms with Gasteiger partial charge in [0.2, 0.25) is 17.5 Å². The molecule has 1 saturated heterocycles. The molecule has 8 nitrogen and oxygen atoms in total. The van der Waals surface area contributed by atoms with Gasteiger partial charge < -0.3 is 14.7 Å². The van der Waals surface area contributed by atoms with Gasteiger partial charge in [0.05, 0.1) is 11.6 Å². The van der Waals surface area contributed by atoms with E-state index in [2.05, 4.69) is 25.4 Å². The molecule has 1 fully saturated rings. The number of para-hydroxylation sites is 1. The minimum atomic E-state index is -0.475. The Morgan fingerprint density at radius 2 is 1.92 bits per heavy atom. The monoisotopic (exact) mass is 340 g/mol. The predicted octanol–water partition coefficient (Wildman–Crippen LogP) is 2.30. The first-order valence-electron chi connectivity index (χ1n) is 7.62. The summed E-state index contributed by atoms with van der Waals surface area (Å²) in [5.41, 5.74) is 0.150. The van der Waals surface area contributed by atoms with Gasteiger partial charge in [-0.3, -0.25) is 0 Å². The van der Waals surface area contributed by atoms with Crippen LogP contribution in [0.1, 0.15) is 11.8 Å². The highest BCUT2D eigenvalue weighted by Gasteiger charge is 2.36. The zero-order valence-corrected chi connectivity index (χ0v) is 13.0. The molecule has 0 aliphatic carbocycles. The first-order chi connectivity index (χ1) is 12.2. The predicted molar refractivity (Wildman–Crippen MR) is 85.1 cm³/mol. The molecule has 2 amide bonds. The summed E-state index contributed by atoms with van der Waals surface area (Å²) in [6.45, 7) is 0.829. The molecule has 1 aliphatic heterocycles. The van der Waals surface area contributed by atoms with Crippen LogP contribution in [0, 0.1) is 5.82 Å². The van der Waals surface area contributed by atoms with E-state index in [1.54, 1.807) is 35.5 Å². The fourth-order valence-electron chi connectivity index (χ4n) is 2.46. The fraction of sp³-hybridized carbons (Fsp3) is 0.188. The van der Waals surface area contributed by atoms with Crippen molar-refractivity contribution in [1.29, 1.82) is 0 Å². The number of carbonyl (C=O) groups excluding carboxylic acids is 1. The molecule has 1 aromatic carbocycles. The van der Waals surface area contributed by atoms with Gasteiger partial charge in [0.15, 0.2) is 0 Å². The number of anilines is 1. The van der Waals surface area contributed by atoms with Crippen molar-refractivity contribution >= 4 is 11.7 Å². The number of likely N-dealkylation sites (tertiary alicyclic amines) is 1. The fourth-order valence-corrected chi connectivity index (χ4v) is 2.46. The molecule has 0 spiro atoms. The Morgan fingerprint density at radius 3 is 2.68 bits per heavy atom. The topological polar surface area (TPSA) is 97.0 Å². The third-order valence-corrected chi connectivity index (χ3v) is 3.84. The molecule has 25 heavy (non-hydrogen) atoms. The molecule has 3 aromatic rings. The second-order valence-electron chi connectivity index (χ2n) is 5.54. The average Bonchev–Trinajstić information content (AvgIpc) is 3.06. The molecule has 1 aliphatic rings. The highest BCUT2D eigenvalue weighted by atomic mass is 19.1. The molecule has 0 unspecified atom stereocenters. The minimum Gasteiger partial charge on any atom is -0.338 e. The van der Waals surface area contributed by atoms with Crippen molar-refractivity contribution in [3.63, 3.8) is 0 Å². The summed E-state index contributed by atoms with van der Waals surface area (Å²) in [5.74, 6) is 0.585. The number of hydrogen-bond acceptors (Lipinski definition) is 6. The first-order valence-corrected chi connectivity index (χ1v) is 7.62. The van der Waals surface area contributed by atoms with Crippen LogP contribution in [-0.4, -0.2) is 44.1 Å². The largest absolute Gasteiger partial charge is 0.338 e. The summed E-state index contributed by atoms with van der Waals surface area (Å²) in [7, 11) is 0. The van der Waals surface area contributed by atoms with Gasteiger partial charge in [0, 0.05) is 25.5 Å². The van der Waals surface area contributed by atoms with Crippen LogP contribution in [0.2, 0.25) is 0 Å². The van der Waals surface area contributed by atoms with Crippen molar-refractivity contribution in [1.82, 2.24) is 25.0 Å². The van der Waals surface area contributed by atoms with Crippen molar-refractivity contribution in [3.05, 3.63) is 54.4 Å². The quantitative estimate of drug-likeness (QED) is 0.786. The summed E-state index contributed by atoms with van der Waals surface area (Å²) < 4.78 is 18.8. The highest BCUT2D eigenvalue weighted by molar-refractivity contribution is 5.90. The molecule has 2 aromatic heterocycles. The second kappa shape index (κ2) is 6.27. The van der Waals surface area contributed by atoms with E-state index in [0.29, 0.717) is 30.6 Å². The van der Waals surface area contributed by atoms with E-state index in [-0.39, 0.29) is 17.6 Å². The number of benzene rings is 1. The van der Waals surface area contributed by atoms with Crippen LogP contribution in [0.4, 0.5) is 14.9 Å². The summed E-state index contributed by atoms with van der Waals surface area (Å²) >= 11 is 0. The molecule has 0 atom stereocenters. The van der Waals surface area contributed by atoms with Crippen LogP contribution in [0.15, 0.2) is 47.2 Å². The van der Waals surface area contributed by atoms with E-state index in [4.69, 9.17) is 4.52 Å². The summed E-state index contributed by atoms with van der Waals surface area (Å²) in [4.78, 5) is 26.0. The number of aromatic nitrogens is 4. The Bertz CT molecular complexity index is 894. The molecular formula is C16H13FN6O2. The Kier molecular flexibility index (Phi) is 3.81. The standard InChI is InChI=1S/C16H13FN6O2/c17-11-4-1-2-5-12(11)20-16(24)23-8-10(9-23)15-21-14(22-25-15)13-18-6-3-7-19-13/h1-7,10H,8-9H2,(H,20,24). The lowest BCUT2D eigenvalue weighted by Crippen LogP contribution is -2.50. The van der Waals surface area contributed by atoms with E-state index >= 15 is 0 Å². The molecule has 3 heterocycles. The number of nitrogens with one attached hydrogen (secondary N) is 1. The van der Waals surface area contributed by atoms with Gasteiger partial charge in [-0.15, -0.1) is 0 Å². The highest BCUT2D eigenvalue weighted by Crippen LogP contribution is 2.27. The molecular weight excluding hydrogens is 327 g/mol. The van der Waals surface area contributed by atoms with Gasteiger partial charge in [-0.2, -0.15) is 4.98 Å². The normalized spacial score (nSPS) is 14.2. The van der Waals surface area contributed by atoms with Crippen LogP contribution in [-0.2, 0) is 0 Å². The van der Waals surface area contributed by atoms with Gasteiger partial charge in [-0.25, -0.2) is 19.2 Å². The minimum absolute atomic E-state index is 0.0590. The van der Waals surface area contributed by atoms with Gasteiger partial charge in [0.25, 0.3) is 0 Å². The van der Waals surface area contributed by atoms with Gasteiger partial charge in [0.1, 0.15) is 5.82 Å². The zero-order chi connectivity index (χ0) is 17.2. The summed E-state index contributed by atoms with van der Waals surface area (Å²) in [5, 5.41) is 6.40. The maximum absolute atomic E-state index is 13.6. The first kappa shape index (κ1) is 15.2. The molecule has 9 heteroatoms. The number of nitrogens with zero attached hydrogens (tertiary/aromatic N) is 5. The number of urea groups is 1. The molecule has 1 N–H and O–H groups in total. The number of halogens is 1. The molecule has 0 radical (unpaired) electrons. The van der Waals surface area contributed by atoms with Crippen LogP contribution in [0.3, 0.4) is 0 Å². The number of amides is 2. The van der Waals surface area contributed by atoms with Crippen LogP contribution in [0.25, 0.3) is 11.6 Å². The van der Waals surface area contributed by atoms with E-state index in [0.717, 1.165) is 0 Å². The average molecular weight is 340 g/mol. The summed E-state index contributed by atoms with van der Waals surface area (Å²) in [6.07, 6.45) is 3.19. The molecule has 4 rings (SSSR count). The third kappa shape index (κ3) is 3.03. The van der Waals surface area contributed by atoms with Crippen molar-refractivity contribution in [2.24, 2.45) is 0 Å². The van der Waals surface area contributed by atoms with Crippen LogP contribution < -0.4 is 5.32 Å². The Morgan fingerprint density at radius 1 is 1.16 bits per heavy atom. The van der Waals surface area contributed by atoms with Crippen LogP contribution >= 0.6 is 0 Å². The Labute approximate surface area is 141 Å². The Balaban J connectivity index is 1.37. The van der Waals surface area contributed by atoms with E-state index in [9.17, 15) is 9.18 Å². The van der Waals surface area contributed by atoms with E-state index < -0.39 is 5.82 Å².